The van der Waals surface area contributed by atoms with E-state index < -0.39 is 21.7 Å². The Labute approximate surface area is 157 Å². The second-order valence-electron chi connectivity index (χ2n) is 5.28. The number of hydrogen-bond donors (Lipinski definition) is 0. The summed E-state index contributed by atoms with van der Waals surface area (Å²) in [7, 11) is 0. The molecule has 0 heterocycles. The molecule has 0 aromatic carbocycles. The third kappa shape index (κ3) is 4.99. The zero-order valence-electron chi connectivity index (χ0n) is 12.5. The van der Waals surface area contributed by atoms with Crippen molar-refractivity contribution in [1.82, 2.24) is 0 Å². The van der Waals surface area contributed by atoms with Crippen molar-refractivity contribution in [3.8, 4) is 0 Å². The second kappa shape index (κ2) is 9.35. The first-order valence-corrected chi connectivity index (χ1v) is 13.1. The molecule has 2 nitrogen and oxygen atoms in total. The van der Waals surface area contributed by atoms with Crippen LogP contribution in [0.25, 0.3) is 0 Å². The van der Waals surface area contributed by atoms with E-state index in [1.165, 1.54) is 45.5 Å². The van der Waals surface area contributed by atoms with Gasteiger partial charge < -0.3 is 0 Å². The molecule has 7 heteroatoms. The van der Waals surface area contributed by atoms with Crippen LogP contribution in [-0.4, -0.2) is 54.0 Å². The number of rotatable bonds is 4. The molecule has 2 fully saturated rings. The van der Waals surface area contributed by atoms with Gasteiger partial charge in [0.15, 0.2) is 0 Å². The maximum absolute atomic E-state index is 4.93. The minimum absolute atomic E-state index is 0.502. The van der Waals surface area contributed by atoms with Gasteiger partial charge in [-0.05, 0) is 0 Å². The number of hydrogen-bond acceptors (Lipinski definition) is 4. The van der Waals surface area contributed by atoms with Crippen LogP contribution in [0, 0.1) is 11.8 Å². The molecular weight excluding hydrogens is 443 g/mol. The van der Waals surface area contributed by atoms with E-state index in [1.807, 2.05) is 0 Å². The molecule has 0 aromatic heterocycles. The van der Waals surface area contributed by atoms with Crippen molar-refractivity contribution in [2.75, 3.05) is 12.5 Å². The van der Waals surface area contributed by atoms with Crippen LogP contribution in [0.4, 0.5) is 0 Å². The van der Waals surface area contributed by atoms with Crippen LogP contribution in [0.3, 0.4) is 0 Å². The Hall–Kier alpha value is 1.02. The summed E-state index contributed by atoms with van der Waals surface area (Å²) in [5.41, 5.74) is 2.75. The normalized spacial score (nSPS) is 29.4. The fourth-order valence-electron chi connectivity index (χ4n) is 2.89. The van der Waals surface area contributed by atoms with Gasteiger partial charge in [0, 0.05) is 0 Å². The minimum atomic E-state index is -1.02. The van der Waals surface area contributed by atoms with Gasteiger partial charge in [-0.3, -0.25) is 0 Å². The van der Waals surface area contributed by atoms with E-state index in [0.717, 1.165) is 12.8 Å². The Morgan fingerprint density at radius 2 is 1.38 bits per heavy atom. The van der Waals surface area contributed by atoms with Gasteiger partial charge in [0.1, 0.15) is 0 Å². The summed E-state index contributed by atoms with van der Waals surface area (Å²) in [6.45, 7) is 0. The standard InChI is InChI=1S/2C7H10NS2.Sn/c2*1-10-7(9)5-3-2-4-6(5)8;/h2*5H,2-4H2,1H3;/q2*-1;+2/p+2. The van der Waals surface area contributed by atoms with Gasteiger partial charge in [-0.25, -0.2) is 0 Å². The Morgan fingerprint density at radius 3 is 1.76 bits per heavy atom. The van der Waals surface area contributed by atoms with Gasteiger partial charge in [-0.15, -0.1) is 0 Å². The van der Waals surface area contributed by atoms with E-state index in [0.29, 0.717) is 11.8 Å². The van der Waals surface area contributed by atoms with Crippen molar-refractivity contribution >= 4 is 89.5 Å². The summed E-state index contributed by atoms with van der Waals surface area (Å²) in [5.74, 6) is 1.00. The average Bonchev–Trinajstić information content (AvgIpc) is 3.15. The van der Waals surface area contributed by atoms with Crippen LogP contribution in [-0.2, 0) is 24.4 Å². The summed E-state index contributed by atoms with van der Waals surface area (Å²) in [4.78, 5) is 0. The predicted molar refractivity (Wildman–Crippen MR) is 110 cm³/mol. The third-order valence-electron chi connectivity index (χ3n) is 4.06. The average molecular weight is 465 g/mol. The molecule has 2 unspecified atom stereocenters. The van der Waals surface area contributed by atoms with Crippen molar-refractivity contribution < 1.29 is 0 Å². The van der Waals surface area contributed by atoms with Crippen LogP contribution in [0.5, 0.6) is 0 Å². The summed E-state index contributed by atoms with van der Waals surface area (Å²) in [5, 5.41) is 0. The molecule has 0 spiro atoms. The molecule has 0 amide bonds. The summed E-state index contributed by atoms with van der Waals surface area (Å²) >= 11 is 11.7. The molecule has 2 rings (SSSR count). The first kappa shape index (κ1) is 18.4. The van der Waals surface area contributed by atoms with E-state index in [2.05, 4.69) is 36.9 Å². The van der Waals surface area contributed by atoms with Crippen LogP contribution in [0.2, 0.25) is 0 Å². The van der Waals surface area contributed by atoms with Crippen molar-refractivity contribution in [3.05, 3.63) is 0 Å². The fourth-order valence-corrected chi connectivity index (χ4v) is 6.93. The molecule has 2 saturated carbocycles. The quantitative estimate of drug-likeness (QED) is 0.276. The molecule has 0 aliphatic heterocycles. The first-order valence-electron chi connectivity index (χ1n) is 7.24. The molecule has 2 aliphatic carbocycles. The number of thiol groups is 2. The van der Waals surface area contributed by atoms with Crippen LogP contribution >= 0.6 is 23.5 Å². The molecule has 21 heavy (non-hydrogen) atoms. The SMILES string of the molecule is CSC(=[SH+])C1CCCC1=[N][Sn][N]=C1CCCC1C(=[SH+])SC. The molecule has 0 N–H and O–H groups in total. The molecule has 114 valence electrons. The van der Waals surface area contributed by atoms with E-state index >= 15 is 0 Å². The molecular formula is C14H22N2S4Sn+2. The van der Waals surface area contributed by atoms with Gasteiger partial charge in [0.2, 0.25) is 0 Å². The molecule has 2 radical (unpaired) electrons. The zero-order valence-corrected chi connectivity index (χ0v) is 18.8. The topological polar surface area (TPSA) is 24.7 Å². The second-order valence-corrected chi connectivity index (χ2v) is 10.4. The molecule has 0 aromatic rings. The third-order valence-corrected chi connectivity index (χ3v) is 9.39. The monoisotopic (exact) mass is 466 g/mol. The van der Waals surface area contributed by atoms with Crippen molar-refractivity contribution in [2.24, 2.45) is 18.3 Å². The zero-order chi connectivity index (χ0) is 15.2. The van der Waals surface area contributed by atoms with Gasteiger partial charge in [0.05, 0.1) is 0 Å². The van der Waals surface area contributed by atoms with Gasteiger partial charge in [-0.1, -0.05) is 0 Å². The van der Waals surface area contributed by atoms with Crippen LogP contribution < -0.4 is 0 Å². The number of nitrogens with zero attached hydrogens (tertiary/aromatic N) is 2. The van der Waals surface area contributed by atoms with Crippen LogP contribution in [0.1, 0.15) is 38.5 Å². The molecule has 0 bridgehead atoms. The number of thioether (sulfide) groups is 2. The summed E-state index contributed by atoms with van der Waals surface area (Å²) in [6, 6.07) is 0. The van der Waals surface area contributed by atoms with E-state index in [4.69, 9.17) is 6.43 Å². The summed E-state index contributed by atoms with van der Waals surface area (Å²) in [6.07, 6.45) is 11.5. The molecule has 2 aliphatic rings. The Bertz CT molecular complexity index is 434. The van der Waals surface area contributed by atoms with E-state index in [-0.39, 0.29) is 0 Å². The molecule has 0 saturated heterocycles. The van der Waals surface area contributed by atoms with Gasteiger partial charge >= 0.3 is 159 Å². The van der Waals surface area contributed by atoms with Crippen LogP contribution in [0.15, 0.2) is 6.43 Å². The van der Waals surface area contributed by atoms with Gasteiger partial charge in [-0.2, -0.15) is 0 Å². The summed E-state index contributed by atoms with van der Waals surface area (Å²) < 4.78 is 12.3. The fraction of sp³-hybridized carbons (Fsp3) is 0.714. The Balaban J connectivity index is 1.98. The van der Waals surface area contributed by atoms with E-state index in [9.17, 15) is 0 Å². The Morgan fingerprint density at radius 1 is 0.952 bits per heavy atom. The van der Waals surface area contributed by atoms with Crippen molar-refractivity contribution in [2.45, 2.75) is 38.5 Å². The van der Waals surface area contributed by atoms with E-state index in [1.54, 1.807) is 23.5 Å². The van der Waals surface area contributed by atoms with Crippen molar-refractivity contribution in [3.63, 3.8) is 0 Å². The Kier molecular flexibility index (Phi) is 8.17. The maximum atomic E-state index is 4.93. The first-order chi connectivity index (χ1) is 10.2. The predicted octanol–water partition coefficient (Wildman–Crippen LogP) is 2.55. The molecule has 2 atom stereocenters. The van der Waals surface area contributed by atoms with Crippen molar-refractivity contribution in [1.29, 1.82) is 0 Å². The van der Waals surface area contributed by atoms with Gasteiger partial charge in [0.25, 0.3) is 0 Å².